The second-order valence-corrected chi connectivity index (χ2v) is 4.94. The van der Waals surface area contributed by atoms with Gasteiger partial charge in [0.15, 0.2) is 11.5 Å². The lowest BCUT2D eigenvalue weighted by Crippen LogP contribution is -2.23. The molecule has 1 unspecified atom stereocenters. The zero-order valence-electron chi connectivity index (χ0n) is 10.0. The summed E-state index contributed by atoms with van der Waals surface area (Å²) in [6.07, 6.45) is 5.10. The fraction of sp³-hybridized carbons (Fsp3) is 0.571. The molecular formula is C14H19NO2. The molecule has 1 aromatic rings. The van der Waals surface area contributed by atoms with Crippen LogP contribution in [0.1, 0.15) is 37.3 Å². The van der Waals surface area contributed by atoms with Crippen LogP contribution in [0.15, 0.2) is 18.2 Å². The van der Waals surface area contributed by atoms with E-state index >= 15 is 0 Å². The second kappa shape index (κ2) is 4.57. The molecule has 3 rings (SSSR count). The molecule has 1 aliphatic carbocycles. The molecule has 1 saturated carbocycles. The molecule has 2 N–H and O–H groups in total. The minimum atomic E-state index is 0.0918. The molecule has 3 nitrogen and oxygen atoms in total. The average molecular weight is 233 g/mol. The van der Waals surface area contributed by atoms with Gasteiger partial charge < -0.3 is 15.2 Å². The van der Waals surface area contributed by atoms with Gasteiger partial charge in [0.25, 0.3) is 0 Å². The van der Waals surface area contributed by atoms with Crippen LogP contribution in [0.4, 0.5) is 0 Å². The Kier molecular flexibility index (Phi) is 2.93. The summed E-state index contributed by atoms with van der Waals surface area (Å²) in [4.78, 5) is 0. The Morgan fingerprint density at radius 3 is 2.71 bits per heavy atom. The Morgan fingerprint density at radius 2 is 1.88 bits per heavy atom. The number of rotatable bonds is 2. The zero-order valence-corrected chi connectivity index (χ0v) is 10.0. The Hall–Kier alpha value is -1.22. The van der Waals surface area contributed by atoms with Crippen molar-refractivity contribution in [1.82, 2.24) is 0 Å². The number of fused-ring (bicyclic) bond motifs is 1. The number of ether oxygens (including phenoxy) is 2. The SMILES string of the molecule is NC(c1cccc2c1OCCO2)C1CCCC1. The highest BCUT2D eigenvalue weighted by molar-refractivity contribution is 5.49. The Morgan fingerprint density at radius 1 is 1.12 bits per heavy atom. The van der Waals surface area contributed by atoms with Crippen LogP contribution in [0, 0.1) is 5.92 Å². The third-order valence-electron chi connectivity index (χ3n) is 3.86. The highest BCUT2D eigenvalue weighted by atomic mass is 16.6. The molecule has 1 aromatic carbocycles. The predicted molar refractivity (Wildman–Crippen MR) is 66.3 cm³/mol. The molecule has 3 heteroatoms. The maximum Gasteiger partial charge on any atom is 0.166 e. The first kappa shape index (κ1) is 10.9. The molecule has 1 aliphatic heterocycles. The standard InChI is InChI=1S/C14H19NO2/c15-13(10-4-1-2-5-10)11-6-3-7-12-14(11)17-9-8-16-12/h3,6-7,10,13H,1-2,4-5,8-9,15H2. The van der Waals surface area contributed by atoms with Crippen LogP contribution < -0.4 is 15.2 Å². The summed E-state index contributed by atoms with van der Waals surface area (Å²) in [5.41, 5.74) is 7.51. The normalized spacial score (nSPS) is 21.5. The first-order valence-electron chi connectivity index (χ1n) is 6.50. The highest BCUT2D eigenvalue weighted by Gasteiger charge is 2.27. The van der Waals surface area contributed by atoms with Gasteiger partial charge >= 0.3 is 0 Å². The second-order valence-electron chi connectivity index (χ2n) is 4.94. The van der Waals surface area contributed by atoms with Crippen LogP contribution >= 0.6 is 0 Å². The van der Waals surface area contributed by atoms with Gasteiger partial charge in [0.05, 0.1) is 0 Å². The molecule has 0 bridgehead atoms. The lowest BCUT2D eigenvalue weighted by atomic mass is 9.91. The Bertz CT molecular complexity index is 399. The highest BCUT2D eigenvalue weighted by Crippen LogP contribution is 2.42. The lowest BCUT2D eigenvalue weighted by molar-refractivity contribution is 0.168. The molecule has 92 valence electrons. The summed E-state index contributed by atoms with van der Waals surface area (Å²) < 4.78 is 11.3. The van der Waals surface area contributed by atoms with Crippen LogP contribution in [-0.4, -0.2) is 13.2 Å². The fourth-order valence-electron chi connectivity index (χ4n) is 2.93. The maximum absolute atomic E-state index is 6.39. The molecule has 1 fully saturated rings. The molecule has 0 aromatic heterocycles. The van der Waals surface area contributed by atoms with Crippen LogP contribution in [0.25, 0.3) is 0 Å². The first-order chi connectivity index (χ1) is 8.36. The first-order valence-corrected chi connectivity index (χ1v) is 6.50. The van der Waals surface area contributed by atoms with Crippen molar-refractivity contribution in [3.05, 3.63) is 23.8 Å². The zero-order chi connectivity index (χ0) is 11.7. The van der Waals surface area contributed by atoms with E-state index in [9.17, 15) is 0 Å². The van der Waals surface area contributed by atoms with Crippen LogP contribution in [0.5, 0.6) is 11.5 Å². The van der Waals surface area contributed by atoms with Crippen molar-refractivity contribution in [3.8, 4) is 11.5 Å². The molecular weight excluding hydrogens is 214 g/mol. The average Bonchev–Trinajstić information content (AvgIpc) is 2.91. The molecule has 0 amide bonds. The molecule has 17 heavy (non-hydrogen) atoms. The number of hydrogen-bond acceptors (Lipinski definition) is 3. The molecule has 0 saturated heterocycles. The number of para-hydroxylation sites is 1. The number of nitrogens with two attached hydrogens (primary N) is 1. The van der Waals surface area contributed by atoms with Gasteiger partial charge in [-0.05, 0) is 24.8 Å². The summed E-state index contributed by atoms with van der Waals surface area (Å²) in [6, 6.07) is 6.14. The summed E-state index contributed by atoms with van der Waals surface area (Å²) in [7, 11) is 0. The monoisotopic (exact) mass is 233 g/mol. The number of hydrogen-bond donors (Lipinski definition) is 1. The van der Waals surface area contributed by atoms with E-state index in [1.807, 2.05) is 12.1 Å². The quantitative estimate of drug-likeness (QED) is 0.854. The van der Waals surface area contributed by atoms with Gasteiger partial charge in [-0.2, -0.15) is 0 Å². The third-order valence-corrected chi connectivity index (χ3v) is 3.86. The van der Waals surface area contributed by atoms with E-state index in [0.29, 0.717) is 19.1 Å². The molecule has 1 atom stereocenters. The van der Waals surface area contributed by atoms with E-state index in [0.717, 1.165) is 17.1 Å². The van der Waals surface area contributed by atoms with Gasteiger partial charge in [-0.25, -0.2) is 0 Å². The van der Waals surface area contributed by atoms with Gasteiger partial charge in [-0.15, -0.1) is 0 Å². The van der Waals surface area contributed by atoms with E-state index in [1.54, 1.807) is 0 Å². The van der Waals surface area contributed by atoms with Crippen LogP contribution in [0.2, 0.25) is 0 Å². The van der Waals surface area contributed by atoms with Crippen molar-refractivity contribution in [2.75, 3.05) is 13.2 Å². The van der Waals surface area contributed by atoms with E-state index in [-0.39, 0.29) is 6.04 Å². The van der Waals surface area contributed by atoms with Gasteiger partial charge in [0.2, 0.25) is 0 Å². The van der Waals surface area contributed by atoms with Crippen molar-refractivity contribution < 1.29 is 9.47 Å². The summed E-state index contributed by atoms with van der Waals surface area (Å²) in [6.45, 7) is 1.26. The molecule has 1 heterocycles. The van der Waals surface area contributed by atoms with Gasteiger partial charge in [0, 0.05) is 11.6 Å². The van der Waals surface area contributed by atoms with Gasteiger partial charge in [-0.3, -0.25) is 0 Å². The van der Waals surface area contributed by atoms with Gasteiger partial charge in [-0.1, -0.05) is 25.0 Å². The largest absolute Gasteiger partial charge is 0.486 e. The topological polar surface area (TPSA) is 44.5 Å². The minimum Gasteiger partial charge on any atom is -0.486 e. The molecule has 0 spiro atoms. The van der Waals surface area contributed by atoms with E-state index < -0.39 is 0 Å². The van der Waals surface area contributed by atoms with Crippen molar-refractivity contribution in [1.29, 1.82) is 0 Å². The van der Waals surface area contributed by atoms with Crippen LogP contribution in [0.3, 0.4) is 0 Å². The third kappa shape index (κ3) is 2.00. The number of benzene rings is 1. The molecule has 2 aliphatic rings. The van der Waals surface area contributed by atoms with Crippen molar-refractivity contribution in [3.63, 3.8) is 0 Å². The van der Waals surface area contributed by atoms with E-state index in [4.69, 9.17) is 15.2 Å². The van der Waals surface area contributed by atoms with E-state index in [1.165, 1.54) is 25.7 Å². The summed E-state index contributed by atoms with van der Waals surface area (Å²) in [5, 5.41) is 0. The lowest BCUT2D eigenvalue weighted by Gasteiger charge is -2.26. The minimum absolute atomic E-state index is 0.0918. The smallest absolute Gasteiger partial charge is 0.166 e. The molecule has 0 radical (unpaired) electrons. The summed E-state index contributed by atoms with van der Waals surface area (Å²) in [5.74, 6) is 2.33. The van der Waals surface area contributed by atoms with Crippen LogP contribution in [-0.2, 0) is 0 Å². The van der Waals surface area contributed by atoms with E-state index in [2.05, 4.69) is 6.07 Å². The van der Waals surface area contributed by atoms with Crippen molar-refractivity contribution in [2.45, 2.75) is 31.7 Å². The summed E-state index contributed by atoms with van der Waals surface area (Å²) >= 11 is 0. The van der Waals surface area contributed by atoms with Crippen molar-refractivity contribution in [2.24, 2.45) is 11.7 Å². The Labute approximate surface area is 102 Å². The fourth-order valence-corrected chi connectivity index (χ4v) is 2.93. The van der Waals surface area contributed by atoms with Crippen molar-refractivity contribution >= 4 is 0 Å². The predicted octanol–water partition coefficient (Wildman–Crippen LogP) is 2.65. The Balaban J connectivity index is 1.91. The maximum atomic E-state index is 6.39. The van der Waals surface area contributed by atoms with Gasteiger partial charge in [0.1, 0.15) is 13.2 Å².